The zero-order valence-corrected chi connectivity index (χ0v) is 11.0. The van der Waals surface area contributed by atoms with E-state index in [9.17, 15) is 0 Å². The van der Waals surface area contributed by atoms with Crippen LogP contribution >= 0.6 is 0 Å². The third-order valence-corrected chi connectivity index (χ3v) is 2.91. The van der Waals surface area contributed by atoms with E-state index in [4.69, 9.17) is 0 Å². The summed E-state index contributed by atoms with van der Waals surface area (Å²) in [6, 6.07) is 8.89. The molecule has 0 atom stereocenters. The lowest BCUT2D eigenvalue weighted by atomic mass is 9.87. The van der Waals surface area contributed by atoms with Crippen molar-refractivity contribution in [2.24, 2.45) is 10.4 Å². The first-order chi connectivity index (χ1) is 8.04. The van der Waals surface area contributed by atoms with Gasteiger partial charge in [-0.25, -0.2) is 0 Å². The largest absolute Gasteiger partial charge is 0.261 e. The van der Waals surface area contributed by atoms with E-state index >= 15 is 0 Å². The standard InChI is InChI=1S/C16H21N/c1-16(2,3)12-13-7-9-14(10-8-13)15-6-4-5-11-17-15/h5,7-11H,4,6,12H2,1-3H3. The molecule has 0 N–H and O–H groups in total. The Morgan fingerprint density at radius 2 is 1.82 bits per heavy atom. The number of aliphatic imine (C=N–C) groups is 1. The van der Waals surface area contributed by atoms with Gasteiger partial charge in [0, 0.05) is 11.9 Å². The van der Waals surface area contributed by atoms with Crippen molar-refractivity contribution in [1.82, 2.24) is 0 Å². The first-order valence-corrected chi connectivity index (χ1v) is 6.36. The quantitative estimate of drug-likeness (QED) is 0.711. The summed E-state index contributed by atoms with van der Waals surface area (Å²) in [6.07, 6.45) is 7.34. The van der Waals surface area contributed by atoms with E-state index in [1.54, 1.807) is 0 Å². The molecule has 90 valence electrons. The van der Waals surface area contributed by atoms with Crippen LogP contribution in [0.5, 0.6) is 0 Å². The zero-order valence-electron chi connectivity index (χ0n) is 11.0. The summed E-state index contributed by atoms with van der Waals surface area (Å²) in [7, 11) is 0. The predicted molar refractivity (Wildman–Crippen MR) is 74.5 cm³/mol. The molecule has 17 heavy (non-hydrogen) atoms. The molecule has 0 saturated heterocycles. The van der Waals surface area contributed by atoms with Gasteiger partial charge in [0.2, 0.25) is 0 Å². The van der Waals surface area contributed by atoms with Crippen molar-refractivity contribution >= 4 is 5.71 Å². The summed E-state index contributed by atoms with van der Waals surface area (Å²) in [5.74, 6) is 0. The number of nitrogens with zero attached hydrogens (tertiary/aromatic N) is 1. The minimum absolute atomic E-state index is 0.354. The first kappa shape index (κ1) is 12.1. The number of hydrogen-bond donors (Lipinski definition) is 0. The number of rotatable bonds is 2. The summed E-state index contributed by atoms with van der Waals surface area (Å²) in [5.41, 5.74) is 4.25. The van der Waals surface area contributed by atoms with Gasteiger partial charge in [0.25, 0.3) is 0 Å². The molecule has 1 nitrogen and oxygen atoms in total. The number of benzene rings is 1. The Bertz CT molecular complexity index is 430. The minimum atomic E-state index is 0.354. The van der Waals surface area contributed by atoms with E-state index in [0.29, 0.717) is 5.41 Å². The van der Waals surface area contributed by atoms with Crippen LogP contribution in [-0.4, -0.2) is 5.71 Å². The number of allylic oxidation sites excluding steroid dienone is 1. The van der Waals surface area contributed by atoms with Crippen LogP contribution in [0.25, 0.3) is 0 Å². The summed E-state index contributed by atoms with van der Waals surface area (Å²) >= 11 is 0. The van der Waals surface area contributed by atoms with Crippen molar-refractivity contribution in [2.75, 3.05) is 0 Å². The highest BCUT2D eigenvalue weighted by atomic mass is 14.7. The Hall–Kier alpha value is -1.37. The van der Waals surface area contributed by atoms with Crippen LogP contribution in [0, 0.1) is 5.41 Å². The molecule has 0 radical (unpaired) electrons. The van der Waals surface area contributed by atoms with Crippen molar-refractivity contribution < 1.29 is 0 Å². The topological polar surface area (TPSA) is 12.4 Å². The molecule has 0 spiro atoms. The highest BCUT2D eigenvalue weighted by Crippen LogP contribution is 2.21. The summed E-state index contributed by atoms with van der Waals surface area (Å²) in [5, 5.41) is 0. The van der Waals surface area contributed by atoms with Gasteiger partial charge in [-0.2, -0.15) is 0 Å². The van der Waals surface area contributed by atoms with Crippen molar-refractivity contribution in [3.05, 3.63) is 47.7 Å². The average Bonchev–Trinajstić information content (AvgIpc) is 2.29. The maximum absolute atomic E-state index is 4.44. The second-order valence-electron chi connectivity index (χ2n) is 5.93. The van der Waals surface area contributed by atoms with Gasteiger partial charge in [0.05, 0.1) is 0 Å². The van der Waals surface area contributed by atoms with E-state index in [2.05, 4.69) is 56.1 Å². The van der Waals surface area contributed by atoms with E-state index in [1.807, 2.05) is 6.20 Å². The summed E-state index contributed by atoms with van der Waals surface area (Å²) < 4.78 is 0. The molecule has 0 aromatic heterocycles. The summed E-state index contributed by atoms with van der Waals surface area (Å²) in [6.45, 7) is 6.82. The molecule has 0 saturated carbocycles. The molecule has 0 bridgehead atoms. The molecular formula is C16H21N. The second kappa shape index (κ2) is 4.87. The molecule has 0 unspecified atom stereocenters. The SMILES string of the molecule is CC(C)(C)Cc1ccc(C2=NC=CCC2)cc1. The Kier molecular flexibility index (Phi) is 3.46. The fourth-order valence-corrected chi connectivity index (χ4v) is 2.15. The lowest BCUT2D eigenvalue weighted by molar-refractivity contribution is 0.411. The van der Waals surface area contributed by atoms with E-state index in [-0.39, 0.29) is 0 Å². The normalized spacial score (nSPS) is 15.8. The van der Waals surface area contributed by atoms with Crippen LogP contribution in [-0.2, 0) is 6.42 Å². The molecule has 2 rings (SSSR count). The highest BCUT2D eigenvalue weighted by molar-refractivity contribution is 6.01. The fourth-order valence-electron chi connectivity index (χ4n) is 2.15. The van der Waals surface area contributed by atoms with Crippen LogP contribution < -0.4 is 0 Å². The van der Waals surface area contributed by atoms with E-state index in [0.717, 1.165) is 19.3 Å². The lowest BCUT2D eigenvalue weighted by Crippen LogP contribution is -2.09. The molecule has 1 aliphatic heterocycles. The van der Waals surface area contributed by atoms with Crippen molar-refractivity contribution in [1.29, 1.82) is 0 Å². The van der Waals surface area contributed by atoms with Crippen LogP contribution in [0.3, 0.4) is 0 Å². The monoisotopic (exact) mass is 227 g/mol. The highest BCUT2D eigenvalue weighted by Gasteiger charge is 2.11. The Morgan fingerprint density at radius 1 is 1.12 bits per heavy atom. The van der Waals surface area contributed by atoms with Gasteiger partial charge >= 0.3 is 0 Å². The predicted octanol–water partition coefficient (Wildman–Crippen LogP) is 4.37. The van der Waals surface area contributed by atoms with Crippen LogP contribution in [0.2, 0.25) is 0 Å². The molecule has 1 heterocycles. The molecular weight excluding hydrogens is 206 g/mol. The van der Waals surface area contributed by atoms with Gasteiger partial charge in [0.15, 0.2) is 0 Å². The van der Waals surface area contributed by atoms with Crippen LogP contribution in [0.4, 0.5) is 0 Å². The maximum atomic E-state index is 4.44. The third-order valence-electron chi connectivity index (χ3n) is 2.91. The Labute approximate surface area is 104 Å². The second-order valence-corrected chi connectivity index (χ2v) is 5.93. The molecule has 1 aliphatic rings. The molecule has 0 fully saturated rings. The third kappa shape index (κ3) is 3.55. The van der Waals surface area contributed by atoms with Crippen molar-refractivity contribution in [2.45, 2.75) is 40.0 Å². The van der Waals surface area contributed by atoms with Gasteiger partial charge in [0.1, 0.15) is 0 Å². The minimum Gasteiger partial charge on any atom is -0.261 e. The molecule has 1 aromatic carbocycles. The average molecular weight is 227 g/mol. The van der Waals surface area contributed by atoms with Gasteiger partial charge in [-0.05, 0) is 35.8 Å². The fraction of sp³-hybridized carbons (Fsp3) is 0.438. The van der Waals surface area contributed by atoms with Gasteiger partial charge < -0.3 is 0 Å². The van der Waals surface area contributed by atoms with Crippen LogP contribution in [0.15, 0.2) is 41.5 Å². The molecule has 0 aliphatic carbocycles. The van der Waals surface area contributed by atoms with Crippen molar-refractivity contribution in [3.63, 3.8) is 0 Å². The van der Waals surface area contributed by atoms with Gasteiger partial charge in [-0.3, -0.25) is 4.99 Å². The smallest absolute Gasteiger partial charge is 0.0478 e. The Balaban J connectivity index is 2.13. The Morgan fingerprint density at radius 3 is 2.35 bits per heavy atom. The molecule has 1 aromatic rings. The van der Waals surface area contributed by atoms with E-state index < -0.39 is 0 Å². The van der Waals surface area contributed by atoms with E-state index in [1.165, 1.54) is 16.8 Å². The molecule has 1 heteroatoms. The lowest BCUT2D eigenvalue weighted by Gasteiger charge is -2.18. The van der Waals surface area contributed by atoms with Crippen molar-refractivity contribution in [3.8, 4) is 0 Å². The maximum Gasteiger partial charge on any atom is 0.0478 e. The zero-order chi connectivity index (χ0) is 12.3. The first-order valence-electron chi connectivity index (χ1n) is 6.36. The van der Waals surface area contributed by atoms with Gasteiger partial charge in [-0.15, -0.1) is 0 Å². The van der Waals surface area contributed by atoms with Gasteiger partial charge in [-0.1, -0.05) is 51.1 Å². The molecule has 0 amide bonds. The van der Waals surface area contributed by atoms with Crippen LogP contribution in [0.1, 0.15) is 44.7 Å². The number of hydrogen-bond acceptors (Lipinski definition) is 1. The summed E-state index contributed by atoms with van der Waals surface area (Å²) in [4.78, 5) is 4.44.